The molecule has 0 aromatic heterocycles. The van der Waals surface area contributed by atoms with Crippen molar-refractivity contribution in [2.45, 2.75) is 58.4 Å². The monoisotopic (exact) mass is 303 g/mol. The summed E-state index contributed by atoms with van der Waals surface area (Å²) in [5.41, 5.74) is 1.19. The van der Waals surface area contributed by atoms with E-state index in [0.717, 1.165) is 24.5 Å². The Balaban J connectivity index is 1.79. The van der Waals surface area contributed by atoms with Crippen LogP contribution < -0.4 is 10.1 Å². The molecule has 1 fully saturated rings. The van der Waals surface area contributed by atoms with E-state index in [9.17, 15) is 4.79 Å². The number of hydrogen-bond acceptors (Lipinski definition) is 2. The molecule has 0 bridgehead atoms. The third kappa shape index (κ3) is 5.04. The lowest BCUT2D eigenvalue weighted by atomic mass is 9.93. The number of carbonyl (C=O) groups is 1. The molecule has 1 N–H and O–H groups in total. The molecule has 1 aromatic carbocycles. The molecule has 0 radical (unpaired) electrons. The lowest BCUT2D eigenvalue weighted by Crippen LogP contribution is -2.38. The van der Waals surface area contributed by atoms with Crippen molar-refractivity contribution in [3.8, 4) is 5.75 Å². The number of benzene rings is 1. The Morgan fingerprint density at radius 2 is 2.05 bits per heavy atom. The summed E-state index contributed by atoms with van der Waals surface area (Å²) in [5, 5.41) is 3.16. The highest BCUT2D eigenvalue weighted by Crippen LogP contribution is 2.30. The zero-order chi connectivity index (χ0) is 15.9. The Kier molecular flexibility index (Phi) is 6.29. The predicted octanol–water partition coefficient (Wildman–Crippen LogP) is 3.96. The lowest BCUT2D eigenvalue weighted by molar-refractivity contribution is -0.125. The number of amides is 1. The van der Waals surface area contributed by atoms with Crippen LogP contribution in [0.15, 0.2) is 24.3 Å². The summed E-state index contributed by atoms with van der Waals surface area (Å²) >= 11 is 0. The van der Waals surface area contributed by atoms with Gasteiger partial charge in [-0.1, -0.05) is 44.7 Å². The third-order valence-corrected chi connectivity index (χ3v) is 4.67. The fourth-order valence-electron chi connectivity index (χ4n) is 3.44. The second-order valence-electron chi connectivity index (χ2n) is 6.75. The molecule has 122 valence electrons. The van der Waals surface area contributed by atoms with Crippen molar-refractivity contribution in [2.24, 2.45) is 11.8 Å². The molecule has 0 aliphatic heterocycles. The highest BCUT2D eigenvalue weighted by Gasteiger charge is 2.22. The molecular weight excluding hydrogens is 274 g/mol. The Labute approximate surface area is 134 Å². The van der Waals surface area contributed by atoms with Gasteiger partial charge in [-0.3, -0.25) is 4.79 Å². The second-order valence-corrected chi connectivity index (χ2v) is 6.75. The maximum atomic E-state index is 12.3. The quantitative estimate of drug-likeness (QED) is 0.828. The van der Waals surface area contributed by atoms with Crippen molar-refractivity contribution in [3.05, 3.63) is 29.8 Å². The first-order chi connectivity index (χ1) is 10.6. The van der Waals surface area contributed by atoms with Crippen molar-refractivity contribution in [2.75, 3.05) is 7.11 Å². The average Bonchev–Trinajstić information content (AvgIpc) is 3.00. The van der Waals surface area contributed by atoms with Gasteiger partial charge in [0.2, 0.25) is 5.91 Å². The van der Waals surface area contributed by atoms with E-state index in [4.69, 9.17) is 4.74 Å². The average molecular weight is 303 g/mol. The molecule has 1 saturated carbocycles. The van der Waals surface area contributed by atoms with E-state index in [1.54, 1.807) is 7.11 Å². The number of nitrogens with one attached hydrogen (secondary N) is 1. The van der Waals surface area contributed by atoms with Crippen molar-refractivity contribution in [1.82, 2.24) is 5.32 Å². The van der Waals surface area contributed by atoms with Gasteiger partial charge in [-0.2, -0.15) is 0 Å². The van der Waals surface area contributed by atoms with Crippen LogP contribution in [0.3, 0.4) is 0 Å². The van der Waals surface area contributed by atoms with E-state index < -0.39 is 0 Å². The van der Waals surface area contributed by atoms with E-state index in [1.807, 2.05) is 18.2 Å². The van der Waals surface area contributed by atoms with Gasteiger partial charge in [-0.05, 0) is 43.4 Å². The summed E-state index contributed by atoms with van der Waals surface area (Å²) in [6, 6.07) is 8.19. The van der Waals surface area contributed by atoms with E-state index in [0.29, 0.717) is 0 Å². The fraction of sp³-hybridized carbons (Fsp3) is 0.632. The largest absolute Gasteiger partial charge is 0.497 e. The summed E-state index contributed by atoms with van der Waals surface area (Å²) in [6.07, 6.45) is 7.15. The van der Waals surface area contributed by atoms with Gasteiger partial charge in [0.05, 0.1) is 7.11 Å². The van der Waals surface area contributed by atoms with Crippen LogP contribution in [0.4, 0.5) is 0 Å². The number of rotatable bonds is 7. The highest BCUT2D eigenvalue weighted by molar-refractivity contribution is 5.78. The second kappa shape index (κ2) is 8.21. The first-order valence-corrected chi connectivity index (χ1v) is 8.51. The number of ether oxygens (including phenoxy) is 1. The molecule has 1 aromatic rings. The smallest absolute Gasteiger partial charge is 0.223 e. The van der Waals surface area contributed by atoms with Gasteiger partial charge in [-0.25, -0.2) is 0 Å². The summed E-state index contributed by atoms with van der Waals surface area (Å²) < 4.78 is 5.24. The summed E-state index contributed by atoms with van der Waals surface area (Å²) in [6.45, 7) is 4.13. The van der Waals surface area contributed by atoms with Crippen LogP contribution in [0.2, 0.25) is 0 Å². The van der Waals surface area contributed by atoms with Crippen molar-refractivity contribution in [3.63, 3.8) is 0 Å². The first kappa shape index (κ1) is 16.9. The highest BCUT2D eigenvalue weighted by atomic mass is 16.5. The van der Waals surface area contributed by atoms with E-state index in [-0.39, 0.29) is 17.9 Å². The molecular formula is C19H29NO2. The first-order valence-electron chi connectivity index (χ1n) is 8.51. The molecule has 3 heteroatoms. The van der Waals surface area contributed by atoms with Crippen LogP contribution in [0, 0.1) is 11.8 Å². The zero-order valence-electron chi connectivity index (χ0n) is 14.1. The Morgan fingerprint density at radius 3 is 2.73 bits per heavy atom. The van der Waals surface area contributed by atoms with E-state index in [2.05, 4.69) is 25.2 Å². The molecule has 0 saturated heterocycles. The van der Waals surface area contributed by atoms with E-state index >= 15 is 0 Å². The van der Waals surface area contributed by atoms with Crippen LogP contribution in [0.25, 0.3) is 0 Å². The number of hydrogen-bond donors (Lipinski definition) is 1. The third-order valence-electron chi connectivity index (χ3n) is 4.67. The minimum atomic E-state index is 0.121. The van der Waals surface area contributed by atoms with Crippen molar-refractivity contribution < 1.29 is 9.53 Å². The minimum Gasteiger partial charge on any atom is -0.497 e. The lowest BCUT2D eigenvalue weighted by Gasteiger charge is -2.20. The summed E-state index contributed by atoms with van der Waals surface area (Å²) in [7, 11) is 1.68. The number of carbonyl (C=O) groups excluding carboxylic acids is 1. The molecule has 0 heterocycles. The van der Waals surface area contributed by atoms with Gasteiger partial charge in [0.1, 0.15) is 5.75 Å². The molecule has 2 unspecified atom stereocenters. The van der Waals surface area contributed by atoms with Gasteiger partial charge in [0.25, 0.3) is 0 Å². The van der Waals surface area contributed by atoms with Crippen molar-refractivity contribution >= 4 is 5.91 Å². The molecule has 2 atom stereocenters. The normalized spacial score (nSPS) is 18.0. The Hall–Kier alpha value is -1.51. The van der Waals surface area contributed by atoms with Crippen LogP contribution in [0.1, 0.15) is 51.5 Å². The van der Waals surface area contributed by atoms with Gasteiger partial charge >= 0.3 is 0 Å². The van der Waals surface area contributed by atoms with Gasteiger partial charge in [0, 0.05) is 12.0 Å². The van der Waals surface area contributed by atoms with Gasteiger partial charge in [0.15, 0.2) is 0 Å². The van der Waals surface area contributed by atoms with Crippen LogP contribution in [-0.2, 0) is 11.2 Å². The minimum absolute atomic E-state index is 0.121. The topological polar surface area (TPSA) is 38.3 Å². The molecule has 1 aliphatic rings. The summed E-state index contributed by atoms with van der Waals surface area (Å²) in [5.74, 6) is 1.94. The van der Waals surface area contributed by atoms with Crippen molar-refractivity contribution in [1.29, 1.82) is 0 Å². The zero-order valence-corrected chi connectivity index (χ0v) is 14.1. The van der Waals surface area contributed by atoms with Crippen LogP contribution in [0.5, 0.6) is 5.75 Å². The Morgan fingerprint density at radius 1 is 1.32 bits per heavy atom. The summed E-state index contributed by atoms with van der Waals surface area (Å²) in [4.78, 5) is 12.3. The SMILES string of the molecule is COc1cccc(CC(C)NC(=O)C(C)CC2CCCC2)c1. The Bertz CT molecular complexity index is 480. The van der Waals surface area contributed by atoms with Gasteiger partial charge < -0.3 is 10.1 Å². The number of methoxy groups -OCH3 is 1. The molecule has 2 rings (SSSR count). The molecule has 1 amide bonds. The maximum absolute atomic E-state index is 12.3. The fourth-order valence-corrected chi connectivity index (χ4v) is 3.44. The molecule has 1 aliphatic carbocycles. The van der Waals surface area contributed by atoms with Gasteiger partial charge in [-0.15, -0.1) is 0 Å². The molecule has 0 spiro atoms. The molecule has 22 heavy (non-hydrogen) atoms. The standard InChI is InChI=1S/C19H29NO2/c1-14(11-16-7-4-5-8-16)19(21)20-15(2)12-17-9-6-10-18(13-17)22-3/h6,9-10,13-16H,4-5,7-8,11-12H2,1-3H3,(H,20,21). The van der Waals surface area contributed by atoms with Crippen LogP contribution >= 0.6 is 0 Å². The van der Waals surface area contributed by atoms with Crippen LogP contribution in [-0.4, -0.2) is 19.1 Å². The molecule has 3 nitrogen and oxygen atoms in total. The predicted molar refractivity (Wildman–Crippen MR) is 90.0 cm³/mol. The maximum Gasteiger partial charge on any atom is 0.223 e. The van der Waals surface area contributed by atoms with E-state index in [1.165, 1.54) is 31.2 Å².